The van der Waals surface area contributed by atoms with Crippen LogP contribution >= 0.6 is 0 Å². The first kappa shape index (κ1) is 5.09. The van der Waals surface area contributed by atoms with Crippen LogP contribution in [-0.4, -0.2) is 5.78 Å². The molecule has 2 heteroatoms. The second-order valence-corrected chi connectivity index (χ2v) is 1.86. The summed E-state index contributed by atoms with van der Waals surface area (Å²) in [5.41, 5.74) is 6.37. The van der Waals surface area contributed by atoms with Crippen LogP contribution in [0, 0.1) is 0 Å². The number of ketones is 1. The molecule has 1 rings (SSSR count). The van der Waals surface area contributed by atoms with Gasteiger partial charge in [-0.15, -0.1) is 0 Å². The standard InChI is InChI=1S/C6H7NO/c1-4-2-5(7)6(8)3-4/h2H,1,3,7H2. The van der Waals surface area contributed by atoms with Crippen molar-refractivity contribution in [3.05, 3.63) is 23.9 Å². The molecule has 0 saturated heterocycles. The molecule has 0 fully saturated rings. The second kappa shape index (κ2) is 1.47. The van der Waals surface area contributed by atoms with Gasteiger partial charge in [-0.1, -0.05) is 6.58 Å². The van der Waals surface area contributed by atoms with Gasteiger partial charge in [-0.05, 0) is 11.6 Å². The molecule has 0 aromatic carbocycles. The van der Waals surface area contributed by atoms with E-state index in [9.17, 15) is 4.79 Å². The summed E-state index contributed by atoms with van der Waals surface area (Å²) in [6, 6.07) is 0. The number of rotatable bonds is 0. The van der Waals surface area contributed by atoms with Crippen molar-refractivity contribution < 1.29 is 4.79 Å². The minimum absolute atomic E-state index is 0.00463. The van der Waals surface area contributed by atoms with Crippen LogP contribution in [0.25, 0.3) is 0 Å². The summed E-state index contributed by atoms with van der Waals surface area (Å²) in [6.45, 7) is 3.58. The van der Waals surface area contributed by atoms with Gasteiger partial charge < -0.3 is 5.73 Å². The van der Waals surface area contributed by atoms with E-state index < -0.39 is 0 Å². The molecule has 0 aliphatic heterocycles. The minimum atomic E-state index is -0.00463. The SMILES string of the molecule is C=C1C=C(N)C(=O)C1. The molecule has 0 unspecified atom stereocenters. The monoisotopic (exact) mass is 109 g/mol. The van der Waals surface area contributed by atoms with Crippen LogP contribution in [0.5, 0.6) is 0 Å². The van der Waals surface area contributed by atoms with Crippen LogP contribution in [0.1, 0.15) is 6.42 Å². The highest BCUT2D eigenvalue weighted by Crippen LogP contribution is 2.13. The van der Waals surface area contributed by atoms with E-state index >= 15 is 0 Å². The maximum Gasteiger partial charge on any atom is 0.182 e. The van der Waals surface area contributed by atoms with Crippen LogP contribution in [0.4, 0.5) is 0 Å². The van der Waals surface area contributed by atoms with Crippen LogP contribution < -0.4 is 5.73 Å². The first-order chi connectivity index (χ1) is 3.70. The molecule has 0 radical (unpaired) electrons. The van der Waals surface area contributed by atoms with Crippen molar-refractivity contribution in [3.63, 3.8) is 0 Å². The summed E-state index contributed by atoms with van der Waals surface area (Å²) in [6.07, 6.45) is 2.02. The molecule has 0 atom stereocenters. The molecule has 0 aromatic heterocycles. The van der Waals surface area contributed by atoms with E-state index in [4.69, 9.17) is 5.73 Å². The fraction of sp³-hybridized carbons (Fsp3) is 0.167. The smallest absolute Gasteiger partial charge is 0.182 e. The van der Waals surface area contributed by atoms with Crippen molar-refractivity contribution >= 4 is 5.78 Å². The Morgan fingerprint density at radius 1 is 1.75 bits per heavy atom. The zero-order valence-electron chi connectivity index (χ0n) is 4.48. The first-order valence-corrected chi connectivity index (χ1v) is 2.38. The molecule has 0 spiro atoms. The van der Waals surface area contributed by atoms with E-state index in [1.165, 1.54) is 0 Å². The average Bonchev–Trinajstić information content (AvgIpc) is 1.85. The first-order valence-electron chi connectivity index (χ1n) is 2.38. The Bertz CT molecular complexity index is 179. The van der Waals surface area contributed by atoms with E-state index in [2.05, 4.69) is 6.58 Å². The molecule has 0 heterocycles. The van der Waals surface area contributed by atoms with Crippen LogP contribution in [-0.2, 0) is 4.79 Å². The Hall–Kier alpha value is -1.05. The molecule has 1 aliphatic rings. The molecule has 0 amide bonds. The normalized spacial score (nSPS) is 19.2. The lowest BCUT2D eigenvalue weighted by atomic mass is 10.3. The van der Waals surface area contributed by atoms with Crippen molar-refractivity contribution in [2.24, 2.45) is 5.73 Å². The molecule has 1 aliphatic carbocycles. The van der Waals surface area contributed by atoms with Gasteiger partial charge in [0.25, 0.3) is 0 Å². The number of allylic oxidation sites excluding steroid dienone is 3. The van der Waals surface area contributed by atoms with E-state index in [0.29, 0.717) is 12.1 Å². The highest BCUT2D eigenvalue weighted by molar-refractivity contribution is 5.99. The summed E-state index contributed by atoms with van der Waals surface area (Å²) >= 11 is 0. The summed E-state index contributed by atoms with van der Waals surface area (Å²) in [5, 5.41) is 0. The molecule has 8 heavy (non-hydrogen) atoms. The van der Waals surface area contributed by atoms with E-state index in [1.54, 1.807) is 6.08 Å². The Labute approximate surface area is 47.7 Å². The highest BCUT2D eigenvalue weighted by Gasteiger charge is 2.13. The molecular weight excluding hydrogens is 102 g/mol. The Kier molecular flexibility index (Phi) is 0.938. The lowest BCUT2D eigenvalue weighted by Gasteiger charge is -1.82. The Morgan fingerprint density at radius 2 is 2.38 bits per heavy atom. The van der Waals surface area contributed by atoms with Gasteiger partial charge in [-0.2, -0.15) is 0 Å². The predicted octanol–water partition coefficient (Wildman–Crippen LogP) is 0.358. The van der Waals surface area contributed by atoms with Crippen molar-refractivity contribution in [2.75, 3.05) is 0 Å². The molecule has 0 aromatic rings. The van der Waals surface area contributed by atoms with Gasteiger partial charge in [-0.25, -0.2) is 0 Å². The molecule has 0 saturated carbocycles. The van der Waals surface area contributed by atoms with E-state index in [-0.39, 0.29) is 5.78 Å². The Balaban J connectivity index is 2.88. The minimum Gasteiger partial charge on any atom is -0.396 e. The number of carbonyl (C=O) groups is 1. The highest BCUT2D eigenvalue weighted by atomic mass is 16.1. The average molecular weight is 109 g/mol. The number of carbonyl (C=O) groups excluding carboxylic acids is 1. The lowest BCUT2D eigenvalue weighted by molar-refractivity contribution is -0.114. The zero-order valence-corrected chi connectivity index (χ0v) is 4.48. The zero-order chi connectivity index (χ0) is 6.15. The molecule has 2 N–H and O–H groups in total. The fourth-order valence-corrected chi connectivity index (χ4v) is 0.660. The van der Waals surface area contributed by atoms with Gasteiger partial charge >= 0.3 is 0 Å². The summed E-state index contributed by atoms with van der Waals surface area (Å²) in [4.78, 5) is 10.5. The van der Waals surface area contributed by atoms with Gasteiger partial charge in [0.2, 0.25) is 0 Å². The quantitative estimate of drug-likeness (QED) is 0.488. The Morgan fingerprint density at radius 3 is 2.50 bits per heavy atom. The molecule has 0 bridgehead atoms. The van der Waals surface area contributed by atoms with Crippen LogP contribution in [0.3, 0.4) is 0 Å². The number of nitrogens with two attached hydrogens (primary N) is 1. The van der Waals surface area contributed by atoms with Gasteiger partial charge in [0.15, 0.2) is 5.78 Å². The molecule has 2 nitrogen and oxygen atoms in total. The summed E-state index contributed by atoms with van der Waals surface area (Å²) in [5.74, 6) is -0.00463. The molecular formula is C6H7NO. The third kappa shape index (κ3) is 0.644. The van der Waals surface area contributed by atoms with Crippen LogP contribution in [0.2, 0.25) is 0 Å². The number of hydrogen-bond donors (Lipinski definition) is 1. The maximum atomic E-state index is 10.5. The van der Waals surface area contributed by atoms with Crippen molar-refractivity contribution in [2.45, 2.75) is 6.42 Å². The van der Waals surface area contributed by atoms with Gasteiger partial charge in [0.05, 0.1) is 5.70 Å². The van der Waals surface area contributed by atoms with Crippen molar-refractivity contribution in [1.29, 1.82) is 0 Å². The van der Waals surface area contributed by atoms with Gasteiger partial charge in [0.1, 0.15) is 0 Å². The number of hydrogen-bond acceptors (Lipinski definition) is 2. The van der Waals surface area contributed by atoms with E-state index in [1.807, 2.05) is 0 Å². The number of Topliss-reactive ketones (excluding diaryl/α,β-unsaturated/α-hetero) is 1. The van der Waals surface area contributed by atoms with E-state index in [0.717, 1.165) is 5.57 Å². The fourth-order valence-electron chi connectivity index (χ4n) is 0.660. The van der Waals surface area contributed by atoms with Crippen LogP contribution in [0.15, 0.2) is 23.9 Å². The maximum absolute atomic E-state index is 10.5. The largest absolute Gasteiger partial charge is 0.396 e. The lowest BCUT2D eigenvalue weighted by Crippen LogP contribution is -2.04. The third-order valence-corrected chi connectivity index (χ3v) is 1.07. The topological polar surface area (TPSA) is 43.1 Å². The predicted molar refractivity (Wildman–Crippen MR) is 31.0 cm³/mol. The van der Waals surface area contributed by atoms with Crippen molar-refractivity contribution in [3.8, 4) is 0 Å². The van der Waals surface area contributed by atoms with Crippen molar-refractivity contribution in [1.82, 2.24) is 0 Å². The third-order valence-electron chi connectivity index (χ3n) is 1.07. The second-order valence-electron chi connectivity index (χ2n) is 1.86. The van der Waals surface area contributed by atoms with Gasteiger partial charge in [0, 0.05) is 6.42 Å². The summed E-state index contributed by atoms with van der Waals surface area (Å²) < 4.78 is 0. The summed E-state index contributed by atoms with van der Waals surface area (Å²) in [7, 11) is 0. The van der Waals surface area contributed by atoms with Gasteiger partial charge in [-0.3, -0.25) is 4.79 Å². The molecule has 42 valence electrons.